The van der Waals surface area contributed by atoms with E-state index in [2.05, 4.69) is 6.07 Å². The zero-order chi connectivity index (χ0) is 15.5. The number of carboxylic acids is 1. The first-order valence-electron chi connectivity index (χ1n) is 6.96. The highest BCUT2D eigenvalue weighted by molar-refractivity contribution is 6.03. The standard InChI is InChI=1S/C16H12N2O4/c17-7-9-3-1-2-4-10(9)18-8-16-6-5-11(22-16)12(15(20)21)13(16)14(18)19/h1-6,11-13H,8H2,(H,20,21)/p-1/t11-,12-,13+,16-/m0/s1. The second-order valence-electron chi connectivity index (χ2n) is 5.77. The summed E-state index contributed by atoms with van der Waals surface area (Å²) < 4.78 is 5.78. The molecule has 6 heteroatoms. The number of rotatable bonds is 2. The van der Waals surface area contributed by atoms with Crippen LogP contribution in [0.25, 0.3) is 0 Å². The van der Waals surface area contributed by atoms with Gasteiger partial charge in [-0.3, -0.25) is 4.79 Å². The Labute approximate surface area is 126 Å². The van der Waals surface area contributed by atoms with Gasteiger partial charge in [-0.2, -0.15) is 5.26 Å². The quantitative estimate of drug-likeness (QED) is 0.692. The number of nitrogens with zero attached hydrogens (tertiary/aromatic N) is 2. The molecule has 0 N–H and O–H groups in total. The normalized spacial score (nSPS) is 34.8. The molecule has 4 atom stereocenters. The average molecular weight is 295 g/mol. The SMILES string of the molecule is N#Cc1ccccc1N1C[C@]23C=C[C@H](O2)[C@H](C(=O)[O-])[C@@H]3C1=O. The van der Waals surface area contributed by atoms with E-state index < -0.39 is 29.5 Å². The summed E-state index contributed by atoms with van der Waals surface area (Å²) in [7, 11) is 0. The smallest absolute Gasteiger partial charge is 0.234 e. The minimum Gasteiger partial charge on any atom is -0.550 e. The van der Waals surface area contributed by atoms with Crippen molar-refractivity contribution in [2.75, 3.05) is 11.4 Å². The van der Waals surface area contributed by atoms with Crippen LogP contribution in [0, 0.1) is 23.2 Å². The second kappa shape index (κ2) is 4.18. The summed E-state index contributed by atoms with van der Waals surface area (Å²) in [6, 6.07) is 8.81. The summed E-state index contributed by atoms with van der Waals surface area (Å²) >= 11 is 0. The Bertz CT molecular complexity index is 766. The van der Waals surface area contributed by atoms with E-state index >= 15 is 0 Å². The van der Waals surface area contributed by atoms with Crippen LogP contribution in [-0.4, -0.2) is 30.1 Å². The molecule has 0 radical (unpaired) electrons. The van der Waals surface area contributed by atoms with Crippen LogP contribution in [0.5, 0.6) is 0 Å². The molecule has 2 bridgehead atoms. The van der Waals surface area contributed by atoms with Crippen LogP contribution < -0.4 is 10.0 Å². The highest BCUT2D eigenvalue weighted by atomic mass is 16.5. The predicted molar refractivity (Wildman–Crippen MR) is 72.2 cm³/mol. The summed E-state index contributed by atoms with van der Waals surface area (Å²) in [6.07, 6.45) is 2.85. The fourth-order valence-corrected chi connectivity index (χ4v) is 3.77. The first kappa shape index (κ1) is 13.0. The molecule has 3 aliphatic heterocycles. The van der Waals surface area contributed by atoms with Crippen LogP contribution in [0.2, 0.25) is 0 Å². The van der Waals surface area contributed by atoms with Gasteiger partial charge in [-0.05, 0) is 12.1 Å². The van der Waals surface area contributed by atoms with Gasteiger partial charge in [0.05, 0.1) is 29.8 Å². The monoisotopic (exact) mass is 295 g/mol. The first-order valence-corrected chi connectivity index (χ1v) is 6.96. The molecule has 0 saturated carbocycles. The number of nitriles is 1. The molecule has 0 aromatic heterocycles. The fourth-order valence-electron chi connectivity index (χ4n) is 3.77. The van der Waals surface area contributed by atoms with Crippen molar-refractivity contribution in [2.45, 2.75) is 11.7 Å². The second-order valence-corrected chi connectivity index (χ2v) is 5.77. The van der Waals surface area contributed by atoms with Crippen LogP contribution in [-0.2, 0) is 14.3 Å². The van der Waals surface area contributed by atoms with E-state index in [0.29, 0.717) is 11.3 Å². The molecule has 1 aromatic carbocycles. The molecule has 6 nitrogen and oxygen atoms in total. The Morgan fingerprint density at radius 2 is 2.23 bits per heavy atom. The van der Waals surface area contributed by atoms with Gasteiger partial charge in [0.2, 0.25) is 5.91 Å². The van der Waals surface area contributed by atoms with Gasteiger partial charge in [0.25, 0.3) is 0 Å². The maximum atomic E-state index is 12.8. The van der Waals surface area contributed by atoms with Gasteiger partial charge < -0.3 is 19.5 Å². The van der Waals surface area contributed by atoms with Gasteiger partial charge in [-0.25, -0.2) is 0 Å². The lowest BCUT2D eigenvalue weighted by atomic mass is 9.77. The summed E-state index contributed by atoms with van der Waals surface area (Å²) in [4.78, 5) is 25.6. The first-order chi connectivity index (χ1) is 10.6. The van der Waals surface area contributed by atoms with E-state index in [4.69, 9.17) is 4.74 Å². The van der Waals surface area contributed by atoms with E-state index in [-0.39, 0.29) is 12.5 Å². The number of amides is 1. The predicted octanol–water partition coefficient (Wildman–Crippen LogP) is -0.405. The van der Waals surface area contributed by atoms with E-state index in [1.807, 2.05) is 0 Å². The fraction of sp³-hybridized carbons (Fsp3) is 0.312. The van der Waals surface area contributed by atoms with Crippen molar-refractivity contribution in [1.29, 1.82) is 5.26 Å². The van der Waals surface area contributed by atoms with E-state index in [1.165, 1.54) is 4.90 Å². The van der Waals surface area contributed by atoms with Gasteiger partial charge in [0.1, 0.15) is 11.7 Å². The number of benzene rings is 1. The van der Waals surface area contributed by atoms with E-state index in [0.717, 1.165) is 0 Å². The molecule has 2 fully saturated rings. The van der Waals surface area contributed by atoms with Gasteiger partial charge in [-0.15, -0.1) is 0 Å². The molecule has 3 heterocycles. The number of carbonyl (C=O) groups excluding carboxylic acids is 2. The van der Waals surface area contributed by atoms with Gasteiger partial charge in [0.15, 0.2) is 0 Å². The largest absolute Gasteiger partial charge is 0.550 e. The van der Waals surface area contributed by atoms with Crippen LogP contribution >= 0.6 is 0 Å². The Balaban J connectivity index is 1.79. The third-order valence-corrected chi connectivity index (χ3v) is 4.69. The summed E-state index contributed by atoms with van der Waals surface area (Å²) in [5, 5.41) is 20.6. The highest BCUT2D eigenvalue weighted by Crippen LogP contribution is 2.52. The number of hydrogen-bond acceptors (Lipinski definition) is 5. The maximum Gasteiger partial charge on any atom is 0.234 e. The van der Waals surface area contributed by atoms with Crippen LogP contribution in [0.15, 0.2) is 36.4 Å². The van der Waals surface area contributed by atoms with E-state index in [9.17, 15) is 20.0 Å². The molecule has 110 valence electrons. The van der Waals surface area contributed by atoms with Crippen LogP contribution in [0.1, 0.15) is 5.56 Å². The summed E-state index contributed by atoms with van der Waals surface area (Å²) in [5.41, 5.74) is -0.0678. The Hall–Kier alpha value is -2.65. The molecule has 1 aromatic rings. The van der Waals surface area contributed by atoms with Crippen molar-refractivity contribution >= 4 is 17.6 Å². The number of fused-ring (bicyclic) bond motifs is 1. The Morgan fingerprint density at radius 3 is 2.95 bits per heavy atom. The van der Waals surface area contributed by atoms with Gasteiger partial charge >= 0.3 is 0 Å². The maximum absolute atomic E-state index is 12.8. The van der Waals surface area contributed by atoms with E-state index in [1.54, 1.807) is 36.4 Å². The van der Waals surface area contributed by atoms with Crippen LogP contribution in [0.4, 0.5) is 5.69 Å². The molecule has 3 aliphatic rings. The van der Waals surface area contributed by atoms with Gasteiger partial charge in [-0.1, -0.05) is 24.3 Å². The minimum absolute atomic E-state index is 0.214. The van der Waals surface area contributed by atoms with Crippen molar-refractivity contribution < 1.29 is 19.4 Å². The highest BCUT2D eigenvalue weighted by Gasteiger charge is 2.65. The van der Waals surface area contributed by atoms with Crippen molar-refractivity contribution in [3.8, 4) is 6.07 Å². The lowest BCUT2D eigenvalue weighted by molar-refractivity contribution is -0.313. The summed E-state index contributed by atoms with van der Waals surface area (Å²) in [5.74, 6) is -3.37. The molecule has 22 heavy (non-hydrogen) atoms. The third kappa shape index (κ3) is 1.46. The molecule has 4 rings (SSSR count). The van der Waals surface area contributed by atoms with Gasteiger partial charge in [0, 0.05) is 11.9 Å². The van der Waals surface area contributed by atoms with Crippen molar-refractivity contribution in [3.05, 3.63) is 42.0 Å². The number of ether oxygens (including phenoxy) is 1. The number of para-hydroxylation sites is 1. The topological polar surface area (TPSA) is 93.5 Å². The van der Waals surface area contributed by atoms with Crippen molar-refractivity contribution in [1.82, 2.24) is 0 Å². The number of anilines is 1. The third-order valence-electron chi connectivity index (χ3n) is 4.69. The number of carbonyl (C=O) groups is 2. The number of carboxylic acid groups (broad SMARTS) is 1. The molecule has 0 aliphatic carbocycles. The molecular formula is C16H11N2O4-. The molecule has 1 spiro atoms. The minimum atomic E-state index is -1.27. The Morgan fingerprint density at radius 1 is 1.45 bits per heavy atom. The molecular weight excluding hydrogens is 284 g/mol. The zero-order valence-electron chi connectivity index (χ0n) is 11.4. The van der Waals surface area contributed by atoms with Crippen molar-refractivity contribution in [2.24, 2.45) is 11.8 Å². The van der Waals surface area contributed by atoms with Crippen molar-refractivity contribution in [3.63, 3.8) is 0 Å². The lowest BCUT2D eigenvalue weighted by Crippen LogP contribution is -2.45. The zero-order valence-corrected chi connectivity index (χ0v) is 11.4. The molecule has 1 amide bonds. The summed E-state index contributed by atoms with van der Waals surface area (Å²) in [6.45, 7) is 0.214. The Kier molecular flexibility index (Phi) is 2.48. The number of hydrogen-bond donors (Lipinski definition) is 0. The van der Waals surface area contributed by atoms with Crippen LogP contribution in [0.3, 0.4) is 0 Å². The molecule has 0 unspecified atom stereocenters. The lowest BCUT2D eigenvalue weighted by Gasteiger charge is -2.24. The number of aliphatic carboxylic acids is 1. The molecule has 2 saturated heterocycles. The average Bonchev–Trinajstić information content (AvgIpc) is 3.15.